The Balaban J connectivity index is 1.75. The van der Waals surface area contributed by atoms with E-state index in [4.69, 9.17) is 0 Å². The van der Waals surface area contributed by atoms with Gasteiger partial charge in [-0.2, -0.15) is 0 Å². The van der Waals surface area contributed by atoms with Crippen LogP contribution >= 0.6 is 0 Å². The number of nitrogens with zero attached hydrogens (tertiary/aromatic N) is 3. The van der Waals surface area contributed by atoms with Crippen molar-refractivity contribution >= 4 is 12.1 Å². The minimum absolute atomic E-state index is 0.141. The molecule has 0 radical (unpaired) electrons. The van der Waals surface area contributed by atoms with Crippen LogP contribution in [0.3, 0.4) is 0 Å². The quantitative estimate of drug-likeness (QED) is 0.805. The predicted octanol–water partition coefficient (Wildman–Crippen LogP) is 2.52. The van der Waals surface area contributed by atoms with E-state index >= 15 is 0 Å². The third-order valence-electron chi connectivity index (χ3n) is 2.88. The number of hydrogen-bond donors (Lipinski definition) is 0. The Kier molecular flexibility index (Phi) is 2.96. The lowest BCUT2D eigenvalue weighted by atomic mass is 10.1. The van der Waals surface area contributed by atoms with Crippen molar-refractivity contribution in [2.75, 3.05) is 0 Å². The molecule has 3 heteroatoms. The lowest BCUT2D eigenvalue weighted by Crippen LogP contribution is -2.07. The van der Waals surface area contributed by atoms with E-state index in [-0.39, 0.29) is 6.04 Å². The molecule has 1 aliphatic rings. The van der Waals surface area contributed by atoms with Gasteiger partial charge in [0.15, 0.2) is 5.84 Å². The van der Waals surface area contributed by atoms with Crippen molar-refractivity contribution < 1.29 is 0 Å². The number of rotatable bonds is 3. The first-order chi connectivity index (χ1) is 8.92. The third-order valence-corrected chi connectivity index (χ3v) is 2.88. The fourth-order valence-corrected chi connectivity index (χ4v) is 1.98. The first kappa shape index (κ1) is 10.8. The molecule has 1 unspecified atom stereocenters. The molecule has 88 valence electrons. The molecule has 2 heterocycles. The normalized spacial score (nSPS) is 17.8. The van der Waals surface area contributed by atoms with Crippen LogP contribution in [0.5, 0.6) is 0 Å². The highest BCUT2D eigenvalue weighted by Gasteiger charge is 2.14. The zero-order valence-electron chi connectivity index (χ0n) is 9.90. The summed E-state index contributed by atoms with van der Waals surface area (Å²) in [6.07, 6.45) is 6.41. The van der Waals surface area contributed by atoms with Crippen LogP contribution in [0.15, 0.2) is 64.8 Å². The Morgan fingerprint density at radius 1 is 0.944 bits per heavy atom. The van der Waals surface area contributed by atoms with Gasteiger partial charge >= 0.3 is 0 Å². The van der Waals surface area contributed by atoms with Gasteiger partial charge in [-0.3, -0.25) is 9.98 Å². The Bertz CT molecular complexity index is 573. The zero-order valence-corrected chi connectivity index (χ0v) is 9.90. The molecule has 2 aromatic rings. The smallest absolute Gasteiger partial charge is 0.154 e. The summed E-state index contributed by atoms with van der Waals surface area (Å²) in [5.41, 5.74) is 2.31. The van der Waals surface area contributed by atoms with Crippen molar-refractivity contribution in [1.29, 1.82) is 0 Å². The summed E-state index contributed by atoms with van der Waals surface area (Å²) in [6, 6.07) is 14.2. The van der Waals surface area contributed by atoms with Crippen LogP contribution in [-0.2, 0) is 6.42 Å². The van der Waals surface area contributed by atoms with E-state index < -0.39 is 0 Å². The number of aromatic nitrogens is 1. The van der Waals surface area contributed by atoms with Gasteiger partial charge in [-0.1, -0.05) is 30.3 Å². The van der Waals surface area contributed by atoms with Crippen LogP contribution in [-0.4, -0.2) is 23.1 Å². The Morgan fingerprint density at radius 3 is 2.50 bits per heavy atom. The van der Waals surface area contributed by atoms with Crippen LogP contribution in [0.2, 0.25) is 0 Å². The highest BCUT2D eigenvalue weighted by Crippen LogP contribution is 2.12. The maximum Gasteiger partial charge on any atom is 0.154 e. The van der Waals surface area contributed by atoms with Crippen LogP contribution in [0.4, 0.5) is 0 Å². The summed E-state index contributed by atoms with van der Waals surface area (Å²) in [4.78, 5) is 13.0. The molecule has 0 saturated carbocycles. The largest absolute Gasteiger partial charge is 0.265 e. The van der Waals surface area contributed by atoms with Crippen molar-refractivity contribution in [1.82, 2.24) is 4.98 Å². The van der Waals surface area contributed by atoms with Gasteiger partial charge in [-0.25, -0.2) is 4.99 Å². The lowest BCUT2D eigenvalue weighted by Gasteiger charge is -2.03. The minimum atomic E-state index is 0.141. The fourth-order valence-electron chi connectivity index (χ4n) is 1.98. The number of hydrogen-bond acceptors (Lipinski definition) is 3. The summed E-state index contributed by atoms with van der Waals surface area (Å²) in [5.74, 6) is 0.828. The van der Waals surface area contributed by atoms with Crippen LogP contribution < -0.4 is 0 Å². The minimum Gasteiger partial charge on any atom is -0.265 e. The summed E-state index contributed by atoms with van der Waals surface area (Å²) in [7, 11) is 0. The second kappa shape index (κ2) is 4.92. The number of amidine groups is 1. The van der Waals surface area contributed by atoms with Gasteiger partial charge in [0.05, 0.1) is 6.04 Å². The van der Waals surface area contributed by atoms with Crippen LogP contribution in [0, 0.1) is 0 Å². The van der Waals surface area contributed by atoms with E-state index in [9.17, 15) is 0 Å². The monoisotopic (exact) mass is 235 g/mol. The number of benzene rings is 1. The molecule has 3 nitrogen and oxygen atoms in total. The van der Waals surface area contributed by atoms with E-state index in [1.54, 1.807) is 0 Å². The van der Waals surface area contributed by atoms with Crippen LogP contribution in [0.1, 0.15) is 11.1 Å². The molecule has 0 amide bonds. The molecule has 0 bridgehead atoms. The van der Waals surface area contributed by atoms with Gasteiger partial charge in [-0.05, 0) is 17.7 Å². The highest BCUT2D eigenvalue weighted by atomic mass is 15.0. The highest BCUT2D eigenvalue weighted by molar-refractivity contribution is 6.07. The fraction of sp³-hybridized carbons (Fsp3) is 0.133. The maximum atomic E-state index is 4.63. The summed E-state index contributed by atoms with van der Waals surface area (Å²) < 4.78 is 0. The second-order valence-electron chi connectivity index (χ2n) is 4.22. The standard InChI is InChI=1S/C15H13N3/c1-2-4-13(5-3-1)15-17-11-14(18-15)10-12-6-8-16-9-7-12/h1-9,11,14H,10H2. The van der Waals surface area contributed by atoms with Gasteiger partial charge in [-0.15, -0.1) is 0 Å². The average Bonchev–Trinajstić information content (AvgIpc) is 2.89. The molecular formula is C15H13N3. The maximum absolute atomic E-state index is 4.63. The summed E-state index contributed by atoms with van der Waals surface area (Å²) in [6.45, 7) is 0. The zero-order chi connectivity index (χ0) is 12.2. The molecule has 0 spiro atoms. The van der Waals surface area contributed by atoms with Crippen LogP contribution in [0.25, 0.3) is 0 Å². The number of pyridine rings is 1. The van der Waals surface area contributed by atoms with Gasteiger partial charge in [0.1, 0.15) is 0 Å². The molecule has 0 fully saturated rings. The van der Waals surface area contributed by atoms with Crippen molar-refractivity contribution in [3.05, 3.63) is 66.0 Å². The van der Waals surface area contributed by atoms with Gasteiger partial charge in [0, 0.05) is 30.6 Å². The molecule has 1 aromatic carbocycles. The first-order valence-electron chi connectivity index (χ1n) is 5.98. The molecule has 1 aromatic heterocycles. The van der Waals surface area contributed by atoms with Crippen molar-refractivity contribution in [2.24, 2.45) is 9.98 Å². The molecule has 0 aliphatic carbocycles. The van der Waals surface area contributed by atoms with Gasteiger partial charge in [0.2, 0.25) is 0 Å². The topological polar surface area (TPSA) is 37.6 Å². The molecule has 0 N–H and O–H groups in total. The van der Waals surface area contributed by atoms with Crippen molar-refractivity contribution in [2.45, 2.75) is 12.5 Å². The van der Waals surface area contributed by atoms with E-state index in [0.717, 1.165) is 17.8 Å². The number of aliphatic imine (C=N–C) groups is 2. The second-order valence-corrected chi connectivity index (χ2v) is 4.22. The Labute approximate surface area is 106 Å². The van der Waals surface area contributed by atoms with E-state index in [0.29, 0.717) is 0 Å². The van der Waals surface area contributed by atoms with Crippen molar-refractivity contribution in [3.63, 3.8) is 0 Å². The summed E-state index contributed by atoms with van der Waals surface area (Å²) >= 11 is 0. The van der Waals surface area contributed by atoms with Gasteiger partial charge in [0.25, 0.3) is 0 Å². The average molecular weight is 235 g/mol. The Morgan fingerprint density at radius 2 is 1.72 bits per heavy atom. The third kappa shape index (κ3) is 2.35. The molecule has 3 rings (SSSR count). The van der Waals surface area contributed by atoms with Gasteiger partial charge < -0.3 is 0 Å². The lowest BCUT2D eigenvalue weighted by molar-refractivity contribution is 0.877. The SMILES string of the molecule is C1=NC(c2ccccc2)=NC1Cc1ccncc1. The first-order valence-corrected chi connectivity index (χ1v) is 5.98. The summed E-state index contributed by atoms with van der Waals surface area (Å²) in [5, 5.41) is 0. The molecule has 1 aliphatic heterocycles. The molecular weight excluding hydrogens is 222 g/mol. The molecule has 18 heavy (non-hydrogen) atoms. The molecule has 0 saturated heterocycles. The Hall–Kier alpha value is -2.29. The van der Waals surface area contributed by atoms with Crippen molar-refractivity contribution in [3.8, 4) is 0 Å². The predicted molar refractivity (Wildman–Crippen MR) is 73.2 cm³/mol. The van der Waals surface area contributed by atoms with E-state index in [2.05, 4.69) is 15.0 Å². The molecule has 1 atom stereocenters. The van der Waals surface area contributed by atoms with E-state index in [1.807, 2.05) is 61.1 Å². The van der Waals surface area contributed by atoms with E-state index in [1.165, 1.54) is 5.56 Å².